The first-order chi connectivity index (χ1) is 14.0. The Balaban J connectivity index is 1.90. The molecule has 0 amide bonds. The molecule has 0 bridgehead atoms. The zero-order chi connectivity index (χ0) is 20.5. The number of hydrogen-bond donors (Lipinski definition) is 0. The molecule has 0 aliphatic rings. The summed E-state index contributed by atoms with van der Waals surface area (Å²) >= 11 is 7.61. The summed E-state index contributed by atoms with van der Waals surface area (Å²) in [5.41, 5.74) is 1.55. The standard InChI is InChI=1S/C21H13ClN4O2S/c1-12-6-7-13(11-23)19(24-12)17(27)10-18-25-15-8-9-29-20(15)21(28)26(18)16-5-3-2-4-14(16)22/h2-9H,10H2,1H3. The van der Waals surface area contributed by atoms with Gasteiger partial charge < -0.3 is 0 Å². The Labute approximate surface area is 174 Å². The summed E-state index contributed by atoms with van der Waals surface area (Å²) in [5.74, 6) is -0.154. The molecule has 6 nitrogen and oxygen atoms in total. The third-order valence-corrected chi connectivity index (χ3v) is 5.59. The quantitative estimate of drug-likeness (QED) is 0.464. The molecule has 29 heavy (non-hydrogen) atoms. The average Bonchev–Trinajstić information content (AvgIpc) is 3.18. The van der Waals surface area contributed by atoms with Crippen LogP contribution in [0.15, 0.2) is 52.6 Å². The van der Waals surface area contributed by atoms with Crippen LogP contribution in [0.1, 0.15) is 27.6 Å². The van der Waals surface area contributed by atoms with Crippen LogP contribution < -0.4 is 5.56 Å². The first-order valence-electron chi connectivity index (χ1n) is 8.64. The number of Topliss-reactive ketones (excluding diaryl/α,β-unsaturated/α-hetero) is 1. The van der Waals surface area contributed by atoms with Crippen molar-refractivity contribution in [2.24, 2.45) is 0 Å². The van der Waals surface area contributed by atoms with Crippen molar-refractivity contribution in [3.8, 4) is 11.8 Å². The van der Waals surface area contributed by atoms with E-state index >= 15 is 0 Å². The van der Waals surface area contributed by atoms with Gasteiger partial charge in [0.25, 0.3) is 5.56 Å². The summed E-state index contributed by atoms with van der Waals surface area (Å²) in [6, 6.07) is 13.8. The van der Waals surface area contributed by atoms with Crippen LogP contribution in [-0.4, -0.2) is 20.3 Å². The van der Waals surface area contributed by atoms with Gasteiger partial charge >= 0.3 is 0 Å². The fraction of sp³-hybridized carbons (Fsp3) is 0.0952. The topological polar surface area (TPSA) is 88.6 Å². The number of carbonyl (C=O) groups excluding carboxylic acids is 1. The Morgan fingerprint density at radius 2 is 2.00 bits per heavy atom. The number of para-hydroxylation sites is 1. The van der Waals surface area contributed by atoms with Crippen LogP contribution in [0.4, 0.5) is 0 Å². The molecule has 1 aromatic carbocycles. The lowest BCUT2D eigenvalue weighted by molar-refractivity contribution is 0.0985. The second kappa shape index (κ2) is 7.59. The van der Waals surface area contributed by atoms with Gasteiger partial charge in [0.05, 0.1) is 28.2 Å². The summed E-state index contributed by atoms with van der Waals surface area (Å²) in [5, 5.41) is 11.5. The van der Waals surface area contributed by atoms with Crippen LogP contribution >= 0.6 is 22.9 Å². The number of nitriles is 1. The van der Waals surface area contributed by atoms with Gasteiger partial charge in [-0.1, -0.05) is 23.7 Å². The van der Waals surface area contributed by atoms with Crippen molar-refractivity contribution in [1.29, 1.82) is 5.26 Å². The molecule has 0 aliphatic carbocycles. The predicted octanol–water partition coefficient (Wildman–Crippen LogP) is 4.10. The number of aryl methyl sites for hydroxylation is 1. The van der Waals surface area contributed by atoms with Crippen molar-refractivity contribution in [2.45, 2.75) is 13.3 Å². The highest BCUT2D eigenvalue weighted by atomic mass is 35.5. The minimum Gasteiger partial charge on any atom is -0.292 e. The van der Waals surface area contributed by atoms with Crippen molar-refractivity contribution >= 4 is 38.9 Å². The van der Waals surface area contributed by atoms with E-state index in [1.807, 2.05) is 6.07 Å². The highest BCUT2D eigenvalue weighted by Gasteiger charge is 2.21. The number of fused-ring (bicyclic) bond motifs is 1. The predicted molar refractivity (Wildman–Crippen MR) is 112 cm³/mol. The van der Waals surface area contributed by atoms with Gasteiger partial charge in [0.1, 0.15) is 22.3 Å². The fourth-order valence-corrected chi connectivity index (χ4v) is 4.03. The van der Waals surface area contributed by atoms with E-state index in [1.165, 1.54) is 15.9 Å². The van der Waals surface area contributed by atoms with Crippen molar-refractivity contribution in [3.05, 3.63) is 86.0 Å². The fourth-order valence-electron chi connectivity index (χ4n) is 3.05. The van der Waals surface area contributed by atoms with Crippen molar-refractivity contribution in [2.75, 3.05) is 0 Å². The zero-order valence-electron chi connectivity index (χ0n) is 15.2. The molecule has 0 radical (unpaired) electrons. The average molecular weight is 421 g/mol. The number of pyridine rings is 1. The first kappa shape index (κ1) is 19.0. The Morgan fingerprint density at radius 3 is 2.76 bits per heavy atom. The normalized spacial score (nSPS) is 10.8. The molecule has 0 fully saturated rings. The largest absolute Gasteiger partial charge is 0.292 e. The van der Waals surface area contributed by atoms with Gasteiger partial charge in [0, 0.05) is 5.69 Å². The monoisotopic (exact) mass is 420 g/mol. The molecule has 4 aromatic rings. The van der Waals surface area contributed by atoms with E-state index in [4.69, 9.17) is 11.6 Å². The van der Waals surface area contributed by atoms with Gasteiger partial charge in [-0.2, -0.15) is 5.26 Å². The lowest BCUT2D eigenvalue weighted by atomic mass is 10.1. The lowest BCUT2D eigenvalue weighted by Crippen LogP contribution is -2.25. The van der Waals surface area contributed by atoms with E-state index in [0.29, 0.717) is 26.6 Å². The van der Waals surface area contributed by atoms with Gasteiger partial charge in [0.2, 0.25) is 0 Å². The van der Waals surface area contributed by atoms with Crippen molar-refractivity contribution in [3.63, 3.8) is 0 Å². The lowest BCUT2D eigenvalue weighted by Gasteiger charge is -2.13. The maximum Gasteiger partial charge on any atom is 0.276 e. The number of halogens is 1. The summed E-state index contributed by atoms with van der Waals surface area (Å²) in [7, 11) is 0. The summed E-state index contributed by atoms with van der Waals surface area (Å²) in [6.45, 7) is 1.74. The van der Waals surface area contributed by atoms with Crippen LogP contribution in [0.2, 0.25) is 5.02 Å². The van der Waals surface area contributed by atoms with E-state index in [2.05, 4.69) is 9.97 Å². The molecule has 0 aliphatic heterocycles. The molecule has 142 valence electrons. The number of ketones is 1. The third-order valence-electron chi connectivity index (χ3n) is 4.38. The highest BCUT2D eigenvalue weighted by Crippen LogP contribution is 2.23. The molecule has 0 atom stereocenters. The van der Waals surface area contributed by atoms with Gasteiger partial charge in [-0.05, 0) is 42.6 Å². The number of carbonyl (C=O) groups is 1. The molecule has 0 saturated carbocycles. The minimum absolute atomic E-state index is 0.0675. The minimum atomic E-state index is -0.396. The molecule has 8 heteroatoms. The van der Waals surface area contributed by atoms with Gasteiger partial charge in [-0.25, -0.2) is 9.97 Å². The highest BCUT2D eigenvalue weighted by molar-refractivity contribution is 7.17. The van der Waals surface area contributed by atoms with Gasteiger partial charge in [-0.3, -0.25) is 14.2 Å². The van der Waals surface area contributed by atoms with Crippen LogP contribution in [0, 0.1) is 18.3 Å². The second-order valence-electron chi connectivity index (χ2n) is 6.32. The van der Waals surface area contributed by atoms with E-state index in [0.717, 1.165) is 0 Å². The number of thiophene rings is 1. The smallest absolute Gasteiger partial charge is 0.276 e. The number of rotatable bonds is 4. The zero-order valence-corrected chi connectivity index (χ0v) is 16.8. The first-order valence-corrected chi connectivity index (χ1v) is 9.90. The summed E-state index contributed by atoms with van der Waals surface area (Å²) < 4.78 is 1.84. The molecule has 0 unspecified atom stereocenters. The molecule has 0 N–H and O–H groups in total. The number of aromatic nitrogens is 3. The molecule has 0 saturated heterocycles. The van der Waals surface area contributed by atoms with Crippen molar-refractivity contribution in [1.82, 2.24) is 14.5 Å². The molecule has 4 rings (SSSR count). The van der Waals surface area contributed by atoms with Crippen LogP contribution in [0.3, 0.4) is 0 Å². The van der Waals surface area contributed by atoms with E-state index in [1.54, 1.807) is 54.8 Å². The van der Waals surface area contributed by atoms with Crippen LogP contribution in [-0.2, 0) is 6.42 Å². The molecule has 3 aromatic heterocycles. The number of benzene rings is 1. The molecule has 3 heterocycles. The number of nitrogens with zero attached hydrogens (tertiary/aromatic N) is 4. The Morgan fingerprint density at radius 1 is 1.21 bits per heavy atom. The summed E-state index contributed by atoms with van der Waals surface area (Å²) in [4.78, 5) is 34.9. The maximum atomic E-state index is 13.2. The Hall–Kier alpha value is -3.34. The molecular weight excluding hydrogens is 408 g/mol. The van der Waals surface area contributed by atoms with E-state index in [-0.39, 0.29) is 29.1 Å². The third kappa shape index (κ3) is 3.44. The maximum absolute atomic E-state index is 13.2. The number of hydrogen-bond acceptors (Lipinski definition) is 6. The summed E-state index contributed by atoms with van der Waals surface area (Å²) in [6.07, 6.45) is -0.197. The van der Waals surface area contributed by atoms with E-state index in [9.17, 15) is 14.9 Å². The molecule has 0 spiro atoms. The SMILES string of the molecule is Cc1ccc(C#N)c(C(=O)Cc2nc3ccsc3c(=O)n2-c2ccccc2Cl)n1. The van der Waals surface area contributed by atoms with Crippen LogP contribution in [0.25, 0.3) is 15.9 Å². The Kier molecular flexibility index (Phi) is 4.97. The van der Waals surface area contributed by atoms with Crippen molar-refractivity contribution < 1.29 is 4.79 Å². The Bertz CT molecular complexity index is 1370. The van der Waals surface area contributed by atoms with Crippen LogP contribution in [0.5, 0.6) is 0 Å². The molecular formula is C21H13ClN4O2S. The van der Waals surface area contributed by atoms with Gasteiger partial charge in [-0.15, -0.1) is 11.3 Å². The second-order valence-corrected chi connectivity index (χ2v) is 7.64. The van der Waals surface area contributed by atoms with Gasteiger partial charge in [0.15, 0.2) is 5.78 Å². The van der Waals surface area contributed by atoms with E-state index < -0.39 is 5.78 Å².